The van der Waals surface area contributed by atoms with Crippen LogP contribution in [0.5, 0.6) is 11.5 Å². The van der Waals surface area contributed by atoms with Crippen molar-refractivity contribution >= 4 is 15.7 Å². The summed E-state index contributed by atoms with van der Waals surface area (Å²) in [6, 6.07) is 4.45. The molecule has 0 amide bonds. The van der Waals surface area contributed by atoms with Gasteiger partial charge in [0.25, 0.3) is 0 Å². The van der Waals surface area contributed by atoms with Crippen molar-refractivity contribution in [2.24, 2.45) is 0 Å². The molecule has 0 radical (unpaired) electrons. The second-order valence-electron chi connectivity index (χ2n) is 4.38. The Morgan fingerprint density at radius 3 is 2.35 bits per heavy atom. The van der Waals surface area contributed by atoms with Crippen molar-refractivity contribution in [3.63, 3.8) is 0 Å². The third kappa shape index (κ3) is 2.18. The number of hydrogen-bond donors (Lipinski definition) is 1. The molecule has 2 aromatic rings. The molecule has 0 saturated carbocycles. The lowest BCUT2D eigenvalue weighted by Gasteiger charge is -2.20. The van der Waals surface area contributed by atoms with Gasteiger partial charge < -0.3 is 19.7 Å². The zero-order chi connectivity index (χ0) is 14.3. The molecule has 1 aliphatic heterocycles. The predicted octanol–water partition coefficient (Wildman–Crippen LogP) is 1.10. The normalized spacial score (nSPS) is 14.2. The number of anilines is 1. The highest BCUT2D eigenvalue weighted by atomic mass is 32.2. The van der Waals surface area contributed by atoms with Crippen LogP contribution in [-0.4, -0.2) is 33.0 Å². The lowest BCUT2D eigenvalue weighted by atomic mass is 10.1. The minimum Gasteiger partial charge on any atom is -0.486 e. The van der Waals surface area contributed by atoms with Gasteiger partial charge in [0.15, 0.2) is 32.9 Å². The van der Waals surface area contributed by atoms with E-state index in [0.717, 1.165) is 6.26 Å². The fourth-order valence-electron chi connectivity index (χ4n) is 1.99. The Bertz CT molecular complexity index is 766. The van der Waals surface area contributed by atoms with Gasteiger partial charge >= 0.3 is 0 Å². The van der Waals surface area contributed by atoms with Gasteiger partial charge in [-0.3, -0.25) is 0 Å². The summed E-state index contributed by atoms with van der Waals surface area (Å²) < 4.78 is 39.7. The van der Waals surface area contributed by atoms with Crippen LogP contribution in [0.2, 0.25) is 0 Å². The number of hydrogen-bond acceptors (Lipinski definition) is 7. The summed E-state index contributed by atoms with van der Waals surface area (Å²) in [4.78, 5) is 0.0814. The lowest BCUT2D eigenvalue weighted by molar-refractivity contribution is 0.171. The van der Waals surface area contributed by atoms with E-state index in [9.17, 15) is 8.42 Å². The van der Waals surface area contributed by atoms with Crippen molar-refractivity contribution in [1.29, 1.82) is 0 Å². The van der Waals surface area contributed by atoms with Crippen LogP contribution in [0, 0.1) is 0 Å². The molecule has 0 saturated heterocycles. The second kappa shape index (κ2) is 4.41. The molecule has 0 aliphatic carbocycles. The van der Waals surface area contributed by atoms with Crippen molar-refractivity contribution in [2.75, 3.05) is 25.2 Å². The number of sulfone groups is 1. The van der Waals surface area contributed by atoms with Crippen LogP contribution in [0.15, 0.2) is 27.6 Å². The number of ether oxygens (including phenoxy) is 2. The summed E-state index contributed by atoms with van der Waals surface area (Å²) in [6.07, 6.45) is 1.11. The molecule has 0 spiro atoms. The van der Waals surface area contributed by atoms with Crippen LogP contribution >= 0.6 is 0 Å². The highest BCUT2D eigenvalue weighted by Crippen LogP contribution is 2.39. The SMILES string of the molecule is CS(=O)(=O)c1cc2c(cc1-c1cc(N)no1)OCCO2. The number of nitrogen functional groups attached to an aromatic ring is 1. The molecule has 3 rings (SSSR count). The molecular weight excluding hydrogens is 284 g/mol. The summed E-state index contributed by atoms with van der Waals surface area (Å²) in [7, 11) is -3.47. The lowest BCUT2D eigenvalue weighted by Crippen LogP contribution is -2.16. The Balaban J connectivity index is 2.26. The molecule has 20 heavy (non-hydrogen) atoms. The van der Waals surface area contributed by atoms with E-state index in [1.807, 2.05) is 0 Å². The van der Waals surface area contributed by atoms with Crippen LogP contribution < -0.4 is 15.2 Å². The van der Waals surface area contributed by atoms with E-state index in [0.29, 0.717) is 30.3 Å². The van der Waals surface area contributed by atoms with Crippen LogP contribution in [0.25, 0.3) is 11.3 Å². The molecule has 1 aromatic carbocycles. The maximum absolute atomic E-state index is 11.9. The highest BCUT2D eigenvalue weighted by molar-refractivity contribution is 7.90. The molecular formula is C12H12N2O5S. The Kier molecular flexibility index (Phi) is 2.82. The third-order valence-corrected chi connectivity index (χ3v) is 3.97. The van der Waals surface area contributed by atoms with Gasteiger partial charge in [0.2, 0.25) is 0 Å². The number of nitrogens with two attached hydrogens (primary N) is 1. The van der Waals surface area contributed by atoms with E-state index < -0.39 is 9.84 Å². The van der Waals surface area contributed by atoms with E-state index in [-0.39, 0.29) is 16.5 Å². The number of fused-ring (bicyclic) bond motifs is 1. The van der Waals surface area contributed by atoms with Crippen LogP contribution in [-0.2, 0) is 9.84 Å². The summed E-state index contributed by atoms with van der Waals surface area (Å²) in [5.74, 6) is 1.30. The summed E-state index contributed by atoms with van der Waals surface area (Å²) in [6.45, 7) is 0.786. The topological polar surface area (TPSA) is 105 Å². The first-order chi connectivity index (χ1) is 9.45. The van der Waals surface area contributed by atoms with Crippen molar-refractivity contribution in [2.45, 2.75) is 4.90 Å². The van der Waals surface area contributed by atoms with Gasteiger partial charge in [-0.15, -0.1) is 0 Å². The van der Waals surface area contributed by atoms with E-state index >= 15 is 0 Å². The van der Waals surface area contributed by atoms with Gasteiger partial charge in [-0.05, 0) is 6.07 Å². The Morgan fingerprint density at radius 1 is 1.15 bits per heavy atom. The van der Waals surface area contributed by atoms with Gasteiger partial charge in [0.1, 0.15) is 13.2 Å². The zero-order valence-electron chi connectivity index (χ0n) is 10.6. The molecule has 0 unspecified atom stereocenters. The maximum Gasteiger partial charge on any atom is 0.176 e. The fourth-order valence-corrected chi connectivity index (χ4v) is 2.87. The molecule has 7 nitrogen and oxygen atoms in total. The molecule has 106 valence electrons. The van der Waals surface area contributed by atoms with Crippen LogP contribution in [0.3, 0.4) is 0 Å². The number of rotatable bonds is 2. The first-order valence-electron chi connectivity index (χ1n) is 5.81. The average Bonchev–Trinajstić information content (AvgIpc) is 2.83. The minimum absolute atomic E-state index is 0.0814. The standard InChI is InChI=1S/C12H12N2O5S/c1-20(15,16)11-5-10-9(17-2-3-18-10)4-7(11)8-6-12(13)14-19-8/h4-6H,2-3H2,1H3,(H2,13,14). The highest BCUT2D eigenvalue weighted by Gasteiger charge is 2.23. The van der Waals surface area contributed by atoms with E-state index in [4.69, 9.17) is 19.7 Å². The first kappa shape index (κ1) is 12.8. The fraction of sp³-hybridized carbons (Fsp3) is 0.250. The number of benzene rings is 1. The largest absolute Gasteiger partial charge is 0.486 e. The maximum atomic E-state index is 11.9. The van der Waals surface area contributed by atoms with Crippen molar-refractivity contribution in [3.8, 4) is 22.8 Å². The molecule has 0 fully saturated rings. The van der Waals surface area contributed by atoms with Gasteiger partial charge in [-0.25, -0.2) is 8.42 Å². The smallest absolute Gasteiger partial charge is 0.176 e. The average molecular weight is 296 g/mol. The van der Waals surface area contributed by atoms with Gasteiger partial charge in [-0.1, -0.05) is 5.16 Å². The zero-order valence-corrected chi connectivity index (χ0v) is 11.4. The first-order valence-corrected chi connectivity index (χ1v) is 7.70. The summed E-state index contributed by atoms with van der Waals surface area (Å²) in [5, 5.41) is 3.56. The molecule has 1 aromatic heterocycles. The number of aromatic nitrogens is 1. The van der Waals surface area contributed by atoms with Crippen LogP contribution in [0.4, 0.5) is 5.82 Å². The van der Waals surface area contributed by atoms with E-state index in [2.05, 4.69) is 5.16 Å². The summed E-state index contributed by atoms with van der Waals surface area (Å²) in [5.41, 5.74) is 5.85. The monoisotopic (exact) mass is 296 g/mol. The number of nitrogens with zero attached hydrogens (tertiary/aromatic N) is 1. The quantitative estimate of drug-likeness (QED) is 0.884. The molecule has 0 bridgehead atoms. The van der Waals surface area contributed by atoms with Crippen molar-refractivity contribution in [3.05, 3.63) is 18.2 Å². The van der Waals surface area contributed by atoms with Crippen LogP contribution in [0.1, 0.15) is 0 Å². The minimum atomic E-state index is -3.47. The van der Waals surface area contributed by atoms with E-state index in [1.165, 1.54) is 12.1 Å². The van der Waals surface area contributed by atoms with Crippen molar-refractivity contribution < 1.29 is 22.4 Å². The molecule has 2 N–H and O–H groups in total. The molecule has 1 aliphatic rings. The molecule has 0 atom stereocenters. The van der Waals surface area contributed by atoms with Crippen molar-refractivity contribution in [1.82, 2.24) is 5.16 Å². The third-order valence-electron chi connectivity index (χ3n) is 2.84. The second-order valence-corrected chi connectivity index (χ2v) is 6.36. The Hall–Kier alpha value is -2.22. The van der Waals surface area contributed by atoms with Gasteiger partial charge in [0, 0.05) is 24.0 Å². The van der Waals surface area contributed by atoms with Gasteiger partial charge in [-0.2, -0.15) is 0 Å². The van der Waals surface area contributed by atoms with E-state index in [1.54, 1.807) is 6.07 Å². The molecule has 2 heterocycles. The summed E-state index contributed by atoms with van der Waals surface area (Å²) >= 11 is 0. The molecule has 8 heteroatoms. The Morgan fingerprint density at radius 2 is 1.80 bits per heavy atom. The van der Waals surface area contributed by atoms with Gasteiger partial charge in [0.05, 0.1) is 4.90 Å². The Labute approximate surface area is 115 Å². The predicted molar refractivity (Wildman–Crippen MR) is 70.5 cm³/mol.